The second-order valence-corrected chi connectivity index (χ2v) is 6.89. The number of carbonyl (C=O) groups is 2. The monoisotopic (exact) mass is 412 g/mol. The molecule has 2 aromatic carbocycles. The van der Waals surface area contributed by atoms with E-state index in [0.29, 0.717) is 30.2 Å². The van der Waals surface area contributed by atoms with Crippen molar-refractivity contribution in [2.75, 3.05) is 26.1 Å². The molecule has 0 saturated heterocycles. The molecule has 3 rings (SSSR count). The Morgan fingerprint density at radius 1 is 0.966 bits per heavy atom. The number of hydrogen-bond acceptors (Lipinski definition) is 7. The van der Waals surface area contributed by atoms with Crippen molar-refractivity contribution in [2.45, 2.75) is 6.42 Å². The molecule has 0 spiro atoms. The van der Waals surface area contributed by atoms with Crippen LogP contribution in [0.2, 0.25) is 0 Å². The van der Waals surface area contributed by atoms with Crippen molar-refractivity contribution in [2.24, 2.45) is 0 Å². The van der Waals surface area contributed by atoms with Gasteiger partial charge >= 0.3 is 0 Å². The predicted octanol–water partition coefficient (Wildman–Crippen LogP) is 2.78. The van der Waals surface area contributed by atoms with Gasteiger partial charge in [0.05, 0.1) is 14.2 Å². The Kier molecular flexibility index (Phi) is 6.75. The van der Waals surface area contributed by atoms with Crippen molar-refractivity contribution in [3.8, 4) is 11.5 Å². The van der Waals surface area contributed by atoms with E-state index in [1.54, 1.807) is 32.4 Å². The van der Waals surface area contributed by atoms with Gasteiger partial charge in [0.25, 0.3) is 11.8 Å². The number of methoxy groups -OCH3 is 2. The zero-order chi connectivity index (χ0) is 20.6. The van der Waals surface area contributed by atoms with Crippen molar-refractivity contribution in [3.63, 3.8) is 0 Å². The quantitative estimate of drug-likeness (QED) is 0.590. The summed E-state index contributed by atoms with van der Waals surface area (Å²) in [4.78, 5) is 24.5. The highest BCUT2D eigenvalue weighted by Crippen LogP contribution is 2.24. The lowest BCUT2D eigenvalue weighted by Gasteiger charge is -2.10. The fourth-order valence-corrected chi connectivity index (χ4v) is 3.21. The SMILES string of the molecule is COc1ccc(CCNC(=O)c2nnc(C(=O)Nc3ccccc3)s2)c(OC)c1. The molecule has 0 aliphatic heterocycles. The molecule has 0 bridgehead atoms. The van der Waals surface area contributed by atoms with Crippen LogP contribution in [-0.4, -0.2) is 42.8 Å². The second kappa shape index (κ2) is 9.65. The first-order chi connectivity index (χ1) is 14.1. The number of para-hydroxylation sites is 1. The van der Waals surface area contributed by atoms with Gasteiger partial charge in [-0.25, -0.2) is 0 Å². The van der Waals surface area contributed by atoms with Crippen LogP contribution in [0, 0.1) is 0 Å². The van der Waals surface area contributed by atoms with Gasteiger partial charge in [0.2, 0.25) is 10.0 Å². The number of nitrogens with zero attached hydrogens (tertiary/aromatic N) is 2. The van der Waals surface area contributed by atoms with Gasteiger partial charge in [0, 0.05) is 18.3 Å². The summed E-state index contributed by atoms with van der Waals surface area (Å²) < 4.78 is 10.5. The first kappa shape index (κ1) is 20.3. The molecule has 3 aromatic rings. The number of hydrogen-bond donors (Lipinski definition) is 2. The highest BCUT2D eigenvalue weighted by Gasteiger charge is 2.17. The van der Waals surface area contributed by atoms with Crippen LogP contribution in [0.25, 0.3) is 0 Å². The van der Waals surface area contributed by atoms with E-state index in [2.05, 4.69) is 20.8 Å². The van der Waals surface area contributed by atoms with Gasteiger partial charge in [0.1, 0.15) is 11.5 Å². The topological polar surface area (TPSA) is 102 Å². The lowest BCUT2D eigenvalue weighted by atomic mass is 10.1. The molecule has 2 N–H and O–H groups in total. The Labute approximate surface area is 171 Å². The van der Waals surface area contributed by atoms with Gasteiger partial charge in [-0.05, 0) is 30.2 Å². The number of carbonyl (C=O) groups excluding carboxylic acids is 2. The number of rotatable bonds is 8. The molecule has 0 atom stereocenters. The number of aromatic nitrogens is 2. The molecule has 0 aliphatic carbocycles. The summed E-state index contributed by atoms with van der Waals surface area (Å²) in [5, 5.41) is 13.4. The molecule has 0 radical (unpaired) electrons. The Bertz CT molecular complexity index is 991. The number of amides is 2. The molecular weight excluding hydrogens is 392 g/mol. The Morgan fingerprint density at radius 3 is 2.38 bits per heavy atom. The highest BCUT2D eigenvalue weighted by atomic mass is 32.1. The van der Waals surface area contributed by atoms with Crippen molar-refractivity contribution in [1.82, 2.24) is 15.5 Å². The van der Waals surface area contributed by atoms with Crippen LogP contribution in [0.1, 0.15) is 25.2 Å². The van der Waals surface area contributed by atoms with Gasteiger partial charge in [-0.2, -0.15) is 0 Å². The van der Waals surface area contributed by atoms with E-state index in [1.165, 1.54) is 0 Å². The van der Waals surface area contributed by atoms with E-state index in [0.717, 1.165) is 16.9 Å². The average molecular weight is 412 g/mol. The first-order valence-electron chi connectivity index (χ1n) is 8.79. The van der Waals surface area contributed by atoms with Gasteiger partial charge in [-0.3, -0.25) is 9.59 Å². The van der Waals surface area contributed by atoms with Crippen LogP contribution in [0.15, 0.2) is 48.5 Å². The molecular formula is C20H20N4O4S. The van der Waals surface area contributed by atoms with E-state index in [4.69, 9.17) is 9.47 Å². The third-order valence-electron chi connectivity index (χ3n) is 4.02. The van der Waals surface area contributed by atoms with Crippen LogP contribution in [-0.2, 0) is 6.42 Å². The molecule has 0 saturated carbocycles. The maximum Gasteiger partial charge on any atom is 0.286 e. The van der Waals surface area contributed by atoms with Crippen molar-refractivity contribution in [3.05, 3.63) is 64.1 Å². The first-order valence-corrected chi connectivity index (χ1v) is 9.61. The predicted molar refractivity (Wildman–Crippen MR) is 110 cm³/mol. The van der Waals surface area contributed by atoms with E-state index >= 15 is 0 Å². The average Bonchev–Trinajstić information content (AvgIpc) is 3.25. The molecule has 29 heavy (non-hydrogen) atoms. The maximum atomic E-state index is 12.3. The number of anilines is 1. The zero-order valence-electron chi connectivity index (χ0n) is 16.0. The van der Waals surface area contributed by atoms with Crippen molar-refractivity contribution >= 4 is 28.8 Å². The van der Waals surface area contributed by atoms with Gasteiger partial charge in [-0.15, -0.1) is 10.2 Å². The summed E-state index contributed by atoms with van der Waals surface area (Å²) in [7, 11) is 3.17. The number of ether oxygens (including phenoxy) is 2. The minimum absolute atomic E-state index is 0.121. The normalized spacial score (nSPS) is 10.3. The van der Waals surface area contributed by atoms with E-state index in [1.807, 2.05) is 30.3 Å². The van der Waals surface area contributed by atoms with Crippen LogP contribution in [0.5, 0.6) is 11.5 Å². The van der Waals surface area contributed by atoms with Crippen molar-refractivity contribution < 1.29 is 19.1 Å². The molecule has 150 valence electrons. The number of benzene rings is 2. The van der Waals surface area contributed by atoms with Gasteiger partial charge in [0.15, 0.2) is 0 Å². The van der Waals surface area contributed by atoms with Gasteiger partial charge < -0.3 is 20.1 Å². The van der Waals surface area contributed by atoms with Gasteiger partial charge in [-0.1, -0.05) is 35.6 Å². The Balaban J connectivity index is 1.55. The summed E-state index contributed by atoms with van der Waals surface area (Å²) in [6.45, 7) is 0.382. The van der Waals surface area contributed by atoms with Crippen LogP contribution in [0.3, 0.4) is 0 Å². The van der Waals surface area contributed by atoms with E-state index in [-0.39, 0.29) is 15.9 Å². The van der Waals surface area contributed by atoms with Crippen LogP contribution in [0.4, 0.5) is 5.69 Å². The third kappa shape index (κ3) is 5.29. The fourth-order valence-electron chi connectivity index (χ4n) is 2.56. The number of nitrogens with one attached hydrogen (secondary N) is 2. The fraction of sp³-hybridized carbons (Fsp3) is 0.200. The second-order valence-electron chi connectivity index (χ2n) is 5.92. The molecule has 1 aromatic heterocycles. The molecule has 2 amide bonds. The molecule has 0 fully saturated rings. The maximum absolute atomic E-state index is 12.3. The highest BCUT2D eigenvalue weighted by molar-refractivity contribution is 7.15. The van der Waals surface area contributed by atoms with Crippen LogP contribution < -0.4 is 20.1 Å². The lowest BCUT2D eigenvalue weighted by Crippen LogP contribution is -2.25. The minimum atomic E-state index is -0.407. The van der Waals surface area contributed by atoms with E-state index < -0.39 is 5.91 Å². The lowest BCUT2D eigenvalue weighted by molar-refractivity contribution is 0.0951. The standard InChI is InChI=1S/C20H20N4O4S/c1-27-15-9-8-13(16(12-15)28-2)10-11-21-17(25)19-23-24-20(29-19)18(26)22-14-6-4-3-5-7-14/h3-9,12H,10-11H2,1-2H3,(H,21,25)(H,22,26). The van der Waals surface area contributed by atoms with E-state index in [9.17, 15) is 9.59 Å². The summed E-state index contributed by atoms with van der Waals surface area (Å²) in [6, 6.07) is 14.5. The van der Waals surface area contributed by atoms with Crippen LogP contribution >= 0.6 is 11.3 Å². The largest absolute Gasteiger partial charge is 0.497 e. The summed E-state index contributed by atoms with van der Waals surface area (Å²) in [6.07, 6.45) is 0.569. The molecule has 8 nitrogen and oxygen atoms in total. The van der Waals surface area contributed by atoms with Crippen molar-refractivity contribution in [1.29, 1.82) is 0 Å². The summed E-state index contributed by atoms with van der Waals surface area (Å²) in [5.74, 6) is 0.601. The molecule has 9 heteroatoms. The smallest absolute Gasteiger partial charge is 0.286 e. The molecule has 0 unspecified atom stereocenters. The Morgan fingerprint density at radius 2 is 1.69 bits per heavy atom. The zero-order valence-corrected chi connectivity index (χ0v) is 16.8. The molecule has 0 aliphatic rings. The molecule has 1 heterocycles. The summed E-state index contributed by atoms with van der Waals surface area (Å²) in [5.41, 5.74) is 1.58. The Hall–Kier alpha value is -3.46. The minimum Gasteiger partial charge on any atom is -0.497 e. The third-order valence-corrected chi connectivity index (χ3v) is 4.94. The summed E-state index contributed by atoms with van der Waals surface area (Å²) >= 11 is 0.940.